The normalized spacial score (nSPS) is 10.6. The molecule has 0 unspecified atom stereocenters. The maximum Gasteiger partial charge on any atom is 0.230 e. The molecular weight excluding hydrogens is 390 g/mol. The molecule has 1 aromatic heterocycles. The maximum atomic E-state index is 12.2. The van der Waals surface area contributed by atoms with Crippen molar-refractivity contribution in [3.8, 4) is 17.2 Å². The number of aromatic nitrogens is 4. The van der Waals surface area contributed by atoms with Crippen LogP contribution in [0.4, 0.5) is 0 Å². The number of methoxy groups -OCH3 is 2. The first-order valence-electron chi connectivity index (χ1n) is 9.07. The number of amides is 1. The summed E-state index contributed by atoms with van der Waals surface area (Å²) in [6.07, 6.45) is 0.692. The molecule has 29 heavy (non-hydrogen) atoms. The van der Waals surface area contributed by atoms with Crippen LogP contribution in [0.5, 0.6) is 11.5 Å². The van der Waals surface area contributed by atoms with Gasteiger partial charge in [-0.15, -0.1) is 5.10 Å². The van der Waals surface area contributed by atoms with E-state index in [4.69, 9.17) is 9.47 Å². The smallest absolute Gasteiger partial charge is 0.230 e. The predicted octanol–water partition coefficient (Wildman–Crippen LogP) is 2.44. The molecule has 8 nitrogen and oxygen atoms in total. The summed E-state index contributed by atoms with van der Waals surface area (Å²) in [7, 11) is 3.20. The lowest BCUT2D eigenvalue weighted by Gasteiger charge is -2.10. The maximum absolute atomic E-state index is 12.2. The van der Waals surface area contributed by atoms with Gasteiger partial charge in [-0.2, -0.15) is 4.68 Å². The van der Waals surface area contributed by atoms with Crippen LogP contribution in [0.3, 0.4) is 0 Å². The summed E-state index contributed by atoms with van der Waals surface area (Å²) >= 11 is 1.30. The van der Waals surface area contributed by atoms with Gasteiger partial charge in [-0.05, 0) is 53.1 Å². The van der Waals surface area contributed by atoms with E-state index in [1.807, 2.05) is 49.4 Å². The van der Waals surface area contributed by atoms with Crippen molar-refractivity contribution in [3.63, 3.8) is 0 Å². The highest BCUT2D eigenvalue weighted by Crippen LogP contribution is 2.27. The molecule has 1 heterocycles. The van der Waals surface area contributed by atoms with Crippen molar-refractivity contribution >= 4 is 17.7 Å². The molecule has 0 atom stereocenters. The molecule has 3 aromatic rings. The molecule has 0 saturated carbocycles. The zero-order valence-electron chi connectivity index (χ0n) is 16.6. The van der Waals surface area contributed by atoms with Crippen molar-refractivity contribution in [2.45, 2.75) is 18.5 Å². The number of aryl methyl sites for hydroxylation is 1. The molecule has 3 rings (SSSR count). The lowest BCUT2D eigenvalue weighted by Crippen LogP contribution is -2.27. The van der Waals surface area contributed by atoms with Gasteiger partial charge in [0, 0.05) is 6.54 Å². The van der Waals surface area contributed by atoms with Crippen molar-refractivity contribution < 1.29 is 14.3 Å². The van der Waals surface area contributed by atoms with E-state index in [0.717, 1.165) is 16.8 Å². The van der Waals surface area contributed by atoms with E-state index in [2.05, 4.69) is 20.8 Å². The number of carbonyl (C=O) groups is 1. The largest absolute Gasteiger partial charge is 0.493 e. The average Bonchev–Trinajstić information content (AvgIpc) is 3.20. The number of carbonyl (C=O) groups excluding carboxylic acids is 1. The summed E-state index contributed by atoms with van der Waals surface area (Å²) in [5.74, 6) is 1.52. The van der Waals surface area contributed by atoms with Gasteiger partial charge in [0.2, 0.25) is 11.1 Å². The summed E-state index contributed by atoms with van der Waals surface area (Å²) in [6.45, 7) is 2.52. The van der Waals surface area contributed by atoms with Crippen LogP contribution in [0.25, 0.3) is 5.69 Å². The Morgan fingerprint density at radius 2 is 1.93 bits per heavy atom. The standard InChI is InChI=1S/C20H23N5O3S/c1-14-6-4-5-7-16(14)25-20(22-23-24-25)29-13-19(26)21-11-10-15-8-9-17(27-2)18(12-15)28-3/h4-9,12H,10-11,13H2,1-3H3,(H,21,26). The Balaban J connectivity index is 1.50. The fourth-order valence-electron chi connectivity index (χ4n) is 2.78. The Labute approximate surface area is 173 Å². The third-order valence-corrected chi connectivity index (χ3v) is 5.22. The van der Waals surface area contributed by atoms with E-state index >= 15 is 0 Å². The van der Waals surface area contributed by atoms with Crippen molar-refractivity contribution in [2.24, 2.45) is 0 Å². The number of ether oxygens (including phenoxy) is 2. The quantitative estimate of drug-likeness (QED) is 0.539. The van der Waals surface area contributed by atoms with Crippen molar-refractivity contribution in [3.05, 3.63) is 53.6 Å². The molecule has 0 spiro atoms. The number of rotatable bonds is 9. The molecule has 0 aliphatic rings. The molecule has 152 valence electrons. The lowest BCUT2D eigenvalue weighted by atomic mass is 10.1. The lowest BCUT2D eigenvalue weighted by molar-refractivity contribution is -0.118. The number of nitrogens with one attached hydrogen (secondary N) is 1. The van der Waals surface area contributed by atoms with E-state index in [0.29, 0.717) is 29.6 Å². The Kier molecular flexibility index (Phi) is 7.07. The predicted molar refractivity (Wildman–Crippen MR) is 111 cm³/mol. The molecule has 2 aromatic carbocycles. The first kappa shape index (κ1) is 20.7. The number of tetrazole rings is 1. The number of hydrogen-bond acceptors (Lipinski definition) is 7. The molecule has 0 aliphatic carbocycles. The van der Waals surface area contributed by atoms with Gasteiger partial charge >= 0.3 is 0 Å². The fourth-order valence-corrected chi connectivity index (χ4v) is 3.50. The van der Waals surface area contributed by atoms with Crippen LogP contribution >= 0.6 is 11.8 Å². The van der Waals surface area contributed by atoms with Gasteiger partial charge in [-0.3, -0.25) is 4.79 Å². The highest BCUT2D eigenvalue weighted by molar-refractivity contribution is 7.99. The third kappa shape index (κ3) is 5.26. The van der Waals surface area contributed by atoms with Crippen LogP contribution in [0.1, 0.15) is 11.1 Å². The first-order chi connectivity index (χ1) is 14.1. The number of hydrogen-bond donors (Lipinski definition) is 1. The van der Waals surface area contributed by atoms with Gasteiger partial charge in [0.15, 0.2) is 11.5 Å². The van der Waals surface area contributed by atoms with Crippen LogP contribution in [0.2, 0.25) is 0 Å². The van der Waals surface area contributed by atoms with Gasteiger partial charge in [0.25, 0.3) is 0 Å². The molecule has 0 aliphatic heterocycles. The van der Waals surface area contributed by atoms with Crippen LogP contribution < -0.4 is 14.8 Å². The zero-order chi connectivity index (χ0) is 20.6. The molecule has 0 saturated heterocycles. The highest BCUT2D eigenvalue weighted by atomic mass is 32.2. The highest BCUT2D eigenvalue weighted by Gasteiger charge is 2.13. The van der Waals surface area contributed by atoms with Crippen LogP contribution in [-0.2, 0) is 11.2 Å². The van der Waals surface area contributed by atoms with Crippen molar-refractivity contribution in [1.29, 1.82) is 0 Å². The van der Waals surface area contributed by atoms with Gasteiger partial charge < -0.3 is 14.8 Å². The van der Waals surface area contributed by atoms with Gasteiger partial charge in [0.05, 0.1) is 25.7 Å². The summed E-state index contributed by atoms with van der Waals surface area (Å²) in [6, 6.07) is 13.6. The summed E-state index contributed by atoms with van der Waals surface area (Å²) < 4.78 is 12.2. The topological polar surface area (TPSA) is 91.2 Å². The second-order valence-electron chi connectivity index (χ2n) is 6.24. The number of nitrogens with zero attached hydrogens (tertiary/aromatic N) is 4. The minimum Gasteiger partial charge on any atom is -0.493 e. The third-order valence-electron chi connectivity index (χ3n) is 4.30. The van der Waals surface area contributed by atoms with Gasteiger partial charge in [-0.1, -0.05) is 36.0 Å². The number of thioether (sulfide) groups is 1. The summed E-state index contributed by atoms with van der Waals surface area (Å²) in [5.41, 5.74) is 3.01. The molecule has 0 fully saturated rings. The fraction of sp³-hybridized carbons (Fsp3) is 0.300. The van der Waals surface area contributed by atoms with Gasteiger partial charge in [-0.25, -0.2) is 0 Å². The Hall–Kier alpha value is -3.07. The molecular formula is C20H23N5O3S. The Morgan fingerprint density at radius 3 is 2.69 bits per heavy atom. The van der Waals surface area contributed by atoms with Crippen LogP contribution in [0.15, 0.2) is 47.6 Å². The average molecular weight is 414 g/mol. The zero-order valence-corrected chi connectivity index (χ0v) is 17.4. The van der Waals surface area contributed by atoms with Crippen molar-refractivity contribution in [2.75, 3.05) is 26.5 Å². The second-order valence-corrected chi connectivity index (χ2v) is 7.18. The van der Waals surface area contributed by atoms with Crippen molar-refractivity contribution in [1.82, 2.24) is 25.5 Å². The van der Waals surface area contributed by atoms with E-state index in [1.54, 1.807) is 18.9 Å². The first-order valence-corrected chi connectivity index (χ1v) is 10.1. The van der Waals surface area contributed by atoms with E-state index < -0.39 is 0 Å². The second kappa shape index (κ2) is 9.92. The molecule has 9 heteroatoms. The van der Waals surface area contributed by atoms with Crippen LogP contribution in [-0.4, -0.2) is 52.6 Å². The van der Waals surface area contributed by atoms with Crippen LogP contribution in [0, 0.1) is 6.92 Å². The number of para-hydroxylation sites is 1. The molecule has 1 amide bonds. The Bertz CT molecular complexity index is 976. The molecule has 0 radical (unpaired) electrons. The molecule has 0 bridgehead atoms. The Morgan fingerprint density at radius 1 is 1.14 bits per heavy atom. The van der Waals surface area contributed by atoms with E-state index in [1.165, 1.54) is 11.8 Å². The van der Waals surface area contributed by atoms with E-state index in [-0.39, 0.29) is 11.7 Å². The SMILES string of the molecule is COc1ccc(CCNC(=O)CSc2nnnn2-c2ccccc2C)cc1OC. The number of benzene rings is 2. The van der Waals surface area contributed by atoms with E-state index in [9.17, 15) is 4.79 Å². The van der Waals surface area contributed by atoms with Gasteiger partial charge in [0.1, 0.15) is 0 Å². The minimum absolute atomic E-state index is 0.0742. The minimum atomic E-state index is -0.0742. The summed E-state index contributed by atoms with van der Waals surface area (Å²) in [5, 5.41) is 15.3. The monoisotopic (exact) mass is 413 g/mol. The summed E-state index contributed by atoms with van der Waals surface area (Å²) in [4.78, 5) is 12.2. The molecule has 1 N–H and O–H groups in total.